The minimum absolute atomic E-state index is 0.311. The molecule has 0 amide bonds. The highest BCUT2D eigenvalue weighted by Crippen LogP contribution is 2.16. The lowest BCUT2D eigenvalue weighted by Crippen LogP contribution is -2.15. The van der Waals surface area contributed by atoms with Crippen LogP contribution in [0.4, 0.5) is 0 Å². The van der Waals surface area contributed by atoms with E-state index in [1.54, 1.807) is 0 Å². The number of hydrogen-bond acceptors (Lipinski definition) is 3. The molecule has 3 rings (SSSR count). The Kier molecular flexibility index (Phi) is 3.01. The maximum Gasteiger partial charge on any atom is 0.307 e. The molecule has 0 aliphatic heterocycles. The highest BCUT2D eigenvalue weighted by molar-refractivity contribution is 7.15. The lowest BCUT2D eigenvalue weighted by molar-refractivity contribution is 1.19. The summed E-state index contributed by atoms with van der Waals surface area (Å²) in [6.07, 6.45) is 0.778. The second-order valence-corrected chi connectivity index (χ2v) is 5.35. The Labute approximate surface area is 113 Å². The fraction of sp³-hybridized carbons (Fsp3) is 0.0667. The molecular weight excluding hydrogens is 258 g/mol. The van der Waals surface area contributed by atoms with Crippen LogP contribution in [0.1, 0.15) is 11.1 Å². The van der Waals surface area contributed by atoms with Gasteiger partial charge in [-0.05, 0) is 29.7 Å². The molecule has 0 radical (unpaired) electrons. The molecular formula is C15H11NO2S. The molecule has 0 spiro atoms. The molecule has 0 saturated carbocycles. The minimum Gasteiger partial charge on any atom is -0.280 e. The quantitative estimate of drug-likeness (QED) is 0.777. The first-order valence-corrected chi connectivity index (χ1v) is 6.74. The van der Waals surface area contributed by atoms with Crippen LogP contribution < -0.4 is 10.4 Å². The Hall–Kier alpha value is -2.20. The zero-order valence-electron chi connectivity index (χ0n) is 10.1. The number of benzene rings is 2. The number of hydrogen-bond donors (Lipinski definition) is 1. The van der Waals surface area contributed by atoms with Crippen LogP contribution in [0.15, 0.2) is 58.1 Å². The van der Waals surface area contributed by atoms with Gasteiger partial charge >= 0.3 is 4.87 Å². The van der Waals surface area contributed by atoms with Crippen molar-refractivity contribution in [3.63, 3.8) is 0 Å². The topological polar surface area (TPSA) is 49.9 Å². The second kappa shape index (κ2) is 4.82. The predicted octanol–water partition coefficient (Wildman–Crippen LogP) is 2.54. The van der Waals surface area contributed by atoms with Gasteiger partial charge in [0.05, 0.1) is 5.39 Å². The first-order valence-electron chi connectivity index (χ1n) is 5.92. The molecule has 3 nitrogen and oxygen atoms in total. The molecule has 0 unspecified atom stereocenters. The Morgan fingerprint density at radius 3 is 2.53 bits per heavy atom. The third-order valence-electron chi connectivity index (χ3n) is 2.96. The zero-order valence-corrected chi connectivity index (χ0v) is 10.9. The van der Waals surface area contributed by atoms with Gasteiger partial charge in [-0.2, -0.15) is 0 Å². The van der Waals surface area contributed by atoms with Gasteiger partial charge in [0.1, 0.15) is 0 Å². The summed E-state index contributed by atoms with van der Waals surface area (Å²) < 4.78 is 0.727. The number of nitrogens with one attached hydrogen (secondary N) is 1. The third kappa shape index (κ3) is 2.48. The van der Waals surface area contributed by atoms with Crippen LogP contribution in [0, 0.1) is 0 Å². The van der Waals surface area contributed by atoms with Crippen LogP contribution in [0.25, 0.3) is 10.1 Å². The summed E-state index contributed by atoms with van der Waals surface area (Å²) in [5, 5.41) is 0.582. The van der Waals surface area contributed by atoms with E-state index < -0.39 is 0 Å². The van der Waals surface area contributed by atoms with Gasteiger partial charge in [-0.1, -0.05) is 47.7 Å². The summed E-state index contributed by atoms with van der Waals surface area (Å²) >= 11 is 1.06. The smallest absolute Gasteiger partial charge is 0.280 e. The highest BCUT2D eigenvalue weighted by atomic mass is 32.1. The van der Waals surface area contributed by atoms with Crippen LogP contribution in [-0.4, -0.2) is 4.98 Å². The molecule has 1 N–H and O–H groups in total. The van der Waals surface area contributed by atoms with E-state index in [2.05, 4.69) is 17.1 Å². The average Bonchev–Trinajstić information content (AvgIpc) is 2.40. The summed E-state index contributed by atoms with van der Waals surface area (Å²) in [5.74, 6) is 0. The highest BCUT2D eigenvalue weighted by Gasteiger charge is 2.03. The second-order valence-electron chi connectivity index (χ2n) is 4.34. The minimum atomic E-state index is -0.312. The van der Waals surface area contributed by atoms with Gasteiger partial charge in [0, 0.05) is 4.70 Å². The maximum absolute atomic E-state index is 11.8. The normalized spacial score (nSPS) is 10.7. The molecule has 3 aromatic rings. The van der Waals surface area contributed by atoms with Crippen LogP contribution in [0.5, 0.6) is 0 Å². The number of rotatable bonds is 2. The SMILES string of the molecule is O=c1[nH]c(=O)c2cc(Cc3ccccc3)ccc2s1. The summed E-state index contributed by atoms with van der Waals surface area (Å²) in [7, 11) is 0. The summed E-state index contributed by atoms with van der Waals surface area (Å²) in [6.45, 7) is 0. The van der Waals surface area contributed by atoms with E-state index in [0.717, 1.165) is 28.0 Å². The van der Waals surface area contributed by atoms with Crippen LogP contribution in [-0.2, 0) is 6.42 Å². The lowest BCUT2D eigenvalue weighted by Gasteiger charge is -2.03. The van der Waals surface area contributed by atoms with Crippen molar-refractivity contribution in [1.29, 1.82) is 0 Å². The molecule has 94 valence electrons. The Bertz CT molecular complexity index is 834. The van der Waals surface area contributed by atoms with Gasteiger partial charge in [0.25, 0.3) is 5.56 Å². The van der Waals surface area contributed by atoms with E-state index >= 15 is 0 Å². The van der Waals surface area contributed by atoms with Crippen molar-refractivity contribution in [2.45, 2.75) is 6.42 Å². The molecule has 19 heavy (non-hydrogen) atoms. The van der Waals surface area contributed by atoms with Crippen molar-refractivity contribution in [1.82, 2.24) is 4.98 Å². The monoisotopic (exact) mass is 269 g/mol. The zero-order chi connectivity index (χ0) is 13.2. The van der Waals surface area contributed by atoms with Gasteiger partial charge in [-0.15, -0.1) is 0 Å². The van der Waals surface area contributed by atoms with Crippen molar-refractivity contribution >= 4 is 21.4 Å². The third-order valence-corrected chi connectivity index (χ3v) is 3.82. The van der Waals surface area contributed by atoms with Gasteiger partial charge in [-0.3, -0.25) is 14.6 Å². The predicted molar refractivity (Wildman–Crippen MR) is 78.0 cm³/mol. The van der Waals surface area contributed by atoms with Crippen LogP contribution in [0.2, 0.25) is 0 Å². The Balaban J connectivity index is 2.07. The van der Waals surface area contributed by atoms with Crippen LogP contribution in [0.3, 0.4) is 0 Å². The Morgan fingerprint density at radius 1 is 0.947 bits per heavy atom. The van der Waals surface area contributed by atoms with Crippen molar-refractivity contribution in [2.75, 3.05) is 0 Å². The number of aromatic nitrogens is 1. The van der Waals surface area contributed by atoms with Crippen LogP contribution >= 0.6 is 11.3 Å². The largest absolute Gasteiger partial charge is 0.307 e. The van der Waals surface area contributed by atoms with Crippen molar-refractivity contribution in [2.24, 2.45) is 0 Å². The van der Waals surface area contributed by atoms with Gasteiger partial charge in [0.2, 0.25) is 0 Å². The van der Waals surface area contributed by atoms with Gasteiger partial charge in [0.15, 0.2) is 0 Å². The maximum atomic E-state index is 11.8. The van der Waals surface area contributed by atoms with E-state index in [1.807, 2.05) is 36.4 Å². The van der Waals surface area contributed by atoms with Gasteiger partial charge < -0.3 is 0 Å². The van der Waals surface area contributed by atoms with E-state index in [4.69, 9.17) is 0 Å². The molecule has 0 atom stereocenters. The number of fused-ring (bicyclic) bond motifs is 1. The number of aromatic amines is 1. The molecule has 0 bridgehead atoms. The first-order chi connectivity index (χ1) is 9.22. The Morgan fingerprint density at radius 2 is 1.74 bits per heavy atom. The molecule has 2 aromatic carbocycles. The van der Waals surface area contributed by atoms with E-state index in [9.17, 15) is 9.59 Å². The average molecular weight is 269 g/mol. The molecule has 0 saturated heterocycles. The van der Waals surface area contributed by atoms with Gasteiger partial charge in [-0.25, -0.2) is 0 Å². The van der Waals surface area contributed by atoms with Crippen molar-refractivity contribution in [3.8, 4) is 0 Å². The summed E-state index contributed by atoms with van der Waals surface area (Å²) in [5.41, 5.74) is 1.95. The summed E-state index contributed by atoms with van der Waals surface area (Å²) in [4.78, 5) is 25.0. The molecule has 0 aliphatic carbocycles. The molecule has 0 fully saturated rings. The fourth-order valence-corrected chi connectivity index (χ4v) is 2.81. The van der Waals surface area contributed by atoms with E-state index in [1.165, 1.54) is 5.56 Å². The van der Waals surface area contributed by atoms with E-state index in [0.29, 0.717) is 5.39 Å². The molecule has 1 heterocycles. The lowest BCUT2D eigenvalue weighted by atomic mass is 10.0. The first kappa shape index (κ1) is 11.9. The van der Waals surface area contributed by atoms with E-state index in [-0.39, 0.29) is 10.4 Å². The van der Waals surface area contributed by atoms with Crippen molar-refractivity contribution in [3.05, 3.63) is 79.7 Å². The molecule has 1 aromatic heterocycles. The molecule has 0 aliphatic rings. The molecule has 4 heteroatoms. The standard InChI is InChI=1S/C15H11NO2S/c17-14-12-9-11(8-10-4-2-1-3-5-10)6-7-13(12)19-15(18)16-14/h1-7,9H,8H2,(H,16,17,18). The van der Waals surface area contributed by atoms with Crippen molar-refractivity contribution < 1.29 is 0 Å². The summed E-state index contributed by atoms with van der Waals surface area (Å²) in [6, 6.07) is 15.7. The number of H-pyrrole nitrogens is 1. The fourth-order valence-electron chi connectivity index (χ4n) is 2.07.